The van der Waals surface area contributed by atoms with E-state index >= 15 is 0 Å². The maximum atomic E-state index is 12.7. The summed E-state index contributed by atoms with van der Waals surface area (Å²) in [5.74, 6) is -0.469. The minimum Gasteiger partial charge on any atom is -0.491 e. The van der Waals surface area contributed by atoms with Crippen molar-refractivity contribution in [2.75, 3.05) is 20.3 Å². The lowest BCUT2D eigenvalue weighted by Crippen LogP contribution is -2.43. The Balaban J connectivity index is 1.39. The molecule has 0 saturated heterocycles. The van der Waals surface area contributed by atoms with Crippen molar-refractivity contribution >= 4 is 11.8 Å². The maximum absolute atomic E-state index is 12.7. The second-order valence-electron chi connectivity index (χ2n) is 7.98. The molecule has 4 rings (SSSR count). The number of nitrogens with one attached hydrogen (secondary N) is 2. The quantitative estimate of drug-likeness (QED) is 0.512. The Labute approximate surface area is 204 Å². The van der Waals surface area contributed by atoms with Crippen molar-refractivity contribution in [3.05, 3.63) is 65.7 Å². The average molecular weight is 501 g/mol. The van der Waals surface area contributed by atoms with E-state index in [1.165, 1.54) is 25.4 Å². The minimum atomic E-state index is -4.37. The van der Waals surface area contributed by atoms with Gasteiger partial charge in [0.05, 0.1) is 25.1 Å². The fraction of sp³-hybridized carbons (Fsp3) is 0.292. The zero-order valence-corrected chi connectivity index (χ0v) is 19.1. The average Bonchev–Trinajstić information content (AvgIpc) is 2.87. The predicted octanol–water partition coefficient (Wildman–Crippen LogP) is 2.96. The number of methoxy groups -OCH3 is 1. The summed E-state index contributed by atoms with van der Waals surface area (Å²) >= 11 is 0. The largest absolute Gasteiger partial charge is 0.491 e. The molecule has 0 bridgehead atoms. The van der Waals surface area contributed by atoms with E-state index in [0.29, 0.717) is 12.2 Å². The molecule has 1 aliphatic heterocycles. The first-order valence-corrected chi connectivity index (χ1v) is 11.0. The zero-order chi connectivity index (χ0) is 25.7. The van der Waals surface area contributed by atoms with Crippen LogP contribution in [-0.4, -0.2) is 59.2 Å². The molecule has 9 nitrogen and oxygen atoms in total. The number of hydrogen-bond acceptors (Lipinski definition) is 7. The molecule has 1 aromatic carbocycles. The summed E-state index contributed by atoms with van der Waals surface area (Å²) in [5, 5.41) is 5.04. The number of carbonyl (C=O) groups excluding carboxylic acids is 2. The van der Waals surface area contributed by atoms with Crippen LogP contribution in [0.1, 0.15) is 32.8 Å². The van der Waals surface area contributed by atoms with Crippen LogP contribution in [-0.2, 0) is 6.42 Å². The van der Waals surface area contributed by atoms with Crippen molar-refractivity contribution in [3.8, 4) is 22.9 Å². The van der Waals surface area contributed by atoms with Gasteiger partial charge in [-0.15, -0.1) is 0 Å². The van der Waals surface area contributed by atoms with Crippen LogP contribution < -0.4 is 20.1 Å². The highest BCUT2D eigenvalue weighted by molar-refractivity contribution is 5.96. The molecule has 2 aromatic heterocycles. The number of pyridine rings is 1. The molecule has 2 N–H and O–H groups in total. The van der Waals surface area contributed by atoms with E-state index < -0.39 is 31.0 Å². The fourth-order valence-electron chi connectivity index (χ4n) is 3.67. The molecule has 0 spiro atoms. The van der Waals surface area contributed by atoms with Crippen molar-refractivity contribution < 1.29 is 32.2 Å². The van der Waals surface area contributed by atoms with Crippen LogP contribution >= 0.6 is 0 Å². The van der Waals surface area contributed by atoms with Gasteiger partial charge >= 0.3 is 12.2 Å². The van der Waals surface area contributed by atoms with Gasteiger partial charge in [0.15, 0.2) is 0 Å². The fourth-order valence-corrected chi connectivity index (χ4v) is 3.67. The molecule has 3 heterocycles. The summed E-state index contributed by atoms with van der Waals surface area (Å²) in [6.45, 7) is -0.297. The number of alkyl halides is 3. The Morgan fingerprint density at radius 1 is 1.08 bits per heavy atom. The minimum absolute atomic E-state index is 0.0880. The normalized spacial score (nSPS) is 14.8. The molecule has 1 aliphatic rings. The first kappa shape index (κ1) is 24.9. The van der Waals surface area contributed by atoms with Gasteiger partial charge in [0.1, 0.15) is 18.1 Å². The van der Waals surface area contributed by atoms with Crippen LogP contribution in [0.4, 0.5) is 13.2 Å². The van der Waals surface area contributed by atoms with Gasteiger partial charge in [-0.1, -0.05) is 12.1 Å². The van der Waals surface area contributed by atoms with Crippen LogP contribution in [0.15, 0.2) is 48.9 Å². The van der Waals surface area contributed by atoms with E-state index in [1.54, 1.807) is 12.4 Å². The number of nitrogens with zero attached hydrogens (tertiary/aromatic N) is 3. The molecule has 2 amide bonds. The third kappa shape index (κ3) is 6.06. The molecule has 0 unspecified atom stereocenters. The van der Waals surface area contributed by atoms with Crippen molar-refractivity contribution in [2.24, 2.45) is 0 Å². The molecule has 0 aliphatic carbocycles. The summed E-state index contributed by atoms with van der Waals surface area (Å²) in [6, 6.07) is 8.22. The van der Waals surface area contributed by atoms with Crippen molar-refractivity contribution in [1.29, 1.82) is 0 Å². The molecule has 12 heteroatoms. The summed E-state index contributed by atoms with van der Waals surface area (Å²) in [4.78, 5) is 36.9. The topological polar surface area (TPSA) is 115 Å². The van der Waals surface area contributed by atoms with E-state index in [-0.39, 0.29) is 29.9 Å². The standard InChI is InChI=1S/C24H22F3N5O4/c1-35-23-30-11-15(12-31-23)17-3-2-4-20-18(17)9-16(13-36-20)32-21(33)14-5-6-19(29-10-14)22(34)28-8-7-24(25,26)27/h2-6,10-12,16H,7-9,13H2,1H3,(H,28,34)(H,32,33)/t16-/m0/s1. The van der Waals surface area contributed by atoms with E-state index in [2.05, 4.69) is 25.6 Å². The van der Waals surface area contributed by atoms with Gasteiger partial charge in [0.2, 0.25) is 0 Å². The van der Waals surface area contributed by atoms with Gasteiger partial charge < -0.3 is 20.1 Å². The van der Waals surface area contributed by atoms with Gasteiger partial charge in [0.25, 0.3) is 11.8 Å². The van der Waals surface area contributed by atoms with Crippen LogP contribution in [0.25, 0.3) is 11.1 Å². The first-order valence-electron chi connectivity index (χ1n) is 11.0. The van der Waals surface area contributed by atoms with Gasteiger partial charge in [-0.2, -0.15) is 13.2 Å². The Morgan fingerprint density at radius 2 is 1.86 bits per heavy atom. The van der Waals surface area contributed by atoms with Gasteiger partial charge in [0, 0.05) is 42.7 Å². The third-order valence-electron chi connectivity index (χ3n) is 5.43. The highest BCUT2D eigenvalue weighted by atomic mass is 19.4. The Morgan fingerprint density at radius 3 is 2.53 bits per heavy atom. The smallest absolute Gasteiger partial charge is 0.390 e. The van der Waals surface area contributed by atoms with Crippen LogP contribution in [0.3, 0.4) is 0 Å². The number of ether oxygens (including phenoxy) is 2. The third-order valence-corrected chi connectivity index (χ3v) is 5.43. The highest BCUT2D eigenvalue weighted by Crippen LogP contribution is 2.34. The Bertz CT molecular complexity index is 1230. The molecular weight excluding hydrogens is 479 g/mol. The number of carbonyl (C=O) groups is 2. The van der Waals surface area contributed by atoms with Crippen molar-refractivity contribution in [1.82, 2.24) is 25.6 Å². The number of amides is 2. The number of rotatable bonds is 7. The van der Waals surface area contributed by atoms with Crippen LogP contribution in [0, 0.1) is 0 Å². The molecular formula is C24H22F3N5O4. The van der Waals surface area contributed by atoms with E-state index in [4.69, 9.17) is 9.47 Å². The molecule has 36 heavy (non-hydrogen) atoms. The first-order chi connectivity index (χ1) is 17.2. The summed E-state index contributed by atoms with van der Waals surface area (Å²) in [6.07, 6.45) is -0.511. The molecule has 0 saturated carbocycles. The monoisotopic (exact) mass is 501 g/mol. The number of halogens is 3. The lowest BCUT2D eigenvalue weighted by Gasteiger charge is -2.28. The van der Waals surface area contributed by atoms with Gasteiger partial charge in [-0.25, -0.2) is 9.97 Å². The molecule has 1 atom stereocenters. The second kappa shape index (κ2) is 10.6. The predicted molar refractivity (Wildman–Crippen MR) is 122 cm³/mol. The maximum Gasteiger partial charge on any atom is 0.390 e. The molecule has 188 valence electrons. The highest BCUT2D eigenvalue weighted by Gasteiger charge is 2.27. The second-order valence-corrected chi connectivity index (χ2v) is 7.98. The number of aromatic nitrogens is 3. The van der Waals surface area contributed by atoms with E-state index in [9.17, 15) is 22.8 Å². The number of hydrogen-bond donors (Lipinski definition) is 2. The summed E-state index contributed by atoms with van der Waals surface area (Å²) in [5.41, 5.74) is 2.65. The van der Waals surface area contributed by atoms with Crippen LogP contribution in [0.5, 0.6) is 11.8 Å². The summed E-state index contributed by atoms with van der Waals surface area (Å²) < 4.78 is 47.6. The SMILES string of the molecule is COc1ncc(-c2cccc3c2C[C@H](NC(=O)c2ccc(C(=O)NCCC(F)(F)F)nc2)CO3)cn1. The van der Waals surface area contributed by atoms with Gasteiger partial charge in [-0.05, 0) is 23.8 Å². The Hall–Kier alpha value is -4.22. The lowest BCUT2D eigenvalue weighted by atomic mass is 9.94. The molecule has 0 fully saturated rings. The van der Waals surface area contributed by atoms with Crippen molar-refractivity contribution in [3.63, 3.8) is 0 Å². The molecule has 0 radical (unpaired) electrons. The zero-order valence-electron chi connectivity index (χ0n) is 19.1. The van der Waals surface area contributed by atoms with E-state index in [1.807, 2.05) is 18.2 Å². The van der Waals surface area contributed by atoms with Gasteiger partial charge in [-0.3, -0.25) is 14.6 Å². The lowest BCUT2D eigenvalue weighted by molar-refractivity contribution is -0.133. The van der Waals surface area contributed by atoms with E-state index in [0.717, 1.165) is 16.7 Å². The Kier molecular flexibility index (Phi) is 7.32. The summed E-state index contributed by atoms with van der Waals surface area (Å²) in [7, 11) is 1.48. The van der Waals surface area contributed by atoms with Crippen molar-refractivity contribution in [2.45, 2.75) is 25.1 Å². The molecule has 3 aromatic rings. The number of fused-ring (bicyclic) bond motifs is 1. The van der Waals surface area contributed by atoms with Crippen LogP contribution in [0.2, 0.25) is 0 Å². The number of benzene rings is 1.